The van der Waals surface area contributed by atoms with Crippen molar-refractivity contribution in [1.82, 2.24) is 0 Å². The molecule has 342 valence electrons. The van der Waals surface area contributed by atoms with E-state index in [4.69, 9.17) is 0 Å². The second-order valence-corrected chi connectivity index (χ2v) is 31.1. The fraction of sp³-hybridized carbons (Fsp3) is 0.419. The predicted molar refractivity (Wildman–Crippen MR) is 285 cm³/mol. The molecule has 0 aromatic heterocycles. The number of benzene rings is 6. The topological polar surface area (TPSA) is 0 Å². The van der Waals surface area contributed by atoms with Crippen molar-refractivity contribution in [1.29, 1.82) is 0 Å². The first-order valence-corrected chi connectivity index (χ1v) is 27.3. The summed E-state index contributed by atoms with van der Waals surface area (Å²) in [5, 5.41) is 0. The van der Waals surface area contributed by atoms with Gasteiger partial charge in [0.1, 0.15) is 0 Å². The summed E-state index contributed by atoms with van der Waals surface area (Å²) >= 11 is 0. The lowest BCUT2D eigenvalue weighted by atomic mass is 9.87. The van der Waals surface area contributed by atoms with Crippen molar-refractivity contribution in [2.75, 3.05) is 11.5 Å². The van der Waals surface area contributed by atoms with E-state index in [9.17, 15) is 0 Å². The average Bonchev–Trinajstić information content (AvgIpc) is 3.21. The standard InChI is InChI=1S/C62H82S2/c1-57(2,3)45-19-31-51(32-20-45)63(52-33-21-46(22-34-52)58(4,5)6,53-35-23-47(24-36-53)59(7,8)9)43-44-64(54-37-25-48(26-38-54)60(10,11)12,55-39-27-49(28-40-55)61(13,14)15)56-41-29-50(30-42-56)62(16,17)18/h19-42H,43-44H2,1-18H3. The molecule has 0 saturated carbocycles. The fourth-order valence-electron chi connectivity index (χ4n) is 8.90. The molecule has 2 heteroatoms. The van der Waals surface area contributed by atoms with Crippen LogP contribution in [0.4, 0.5) is 0 Å². The molecule has 0 aliphatic carbocycles. The van der Waals surface area contributed by atoms with Crippen LogP contribution in [0.5, 0.6) is 0 Å². The quantitative estimate of drug-likeness (QED) is 0.136. The van der Waals surface area contributed by atoms with E-state index in [-0.39, 0.29) is 32.5 Å². The van der Waals surface area contributed by atoms with E-state index in [0.29, 0.717) is 0 Å². The van der Waals surface area contributed by atoms with E-state index in [1.54, 1.807) is 0 Å². The van der Waals surface area contributed by atoms with Gasteiger partial charge in [-0.15, -0.1) is 0 Å². The Morgan fingerprint density at radius 2 is 0.312 bits per heavy atom. The molecule has 0 radical (unpaired) electrons. The molecule has 0 N–H and O–H groups in total. The van der Waals surface area contributed by atoms with E-state index in [2.05, 4.69) is 270 Å². The Balaban J connectivity index is 1.73. The number of rotatable bonds is 9. The smallest absolute Gasteiger partial charge is 0.00183 e. The molecule has 6 rings (SSSR count). The molecule has 0 aliphatic heterocycles. The van der Waals surface area contributed by atoms with Gasteiger partial charge in [0, 0.05) is 0 Å². The first kappa shape index (κ1) is 49.5. The third-order valence-corrected chi connectivity index (χ3v) is 21.8. The molecule has 0 bridgehead atoms. The lowest BCUT2D eigenvalue weighted by Crippen LogP contribution is -2.19. The van der Waals surface area contributed by atoms with Crippen molar-refractivity contribution < 1.29 is 0 Å². The fourth-order valence-corrected chi connectivity index (χ4v) is 17.5. The maximum absolute atomic E-state index is 2.50. The average molecular weight is 891 g/mol. The summed E-state index contributed by atoms with van der Waals surface area (Å²) in [5.74, 6) is 1.98. The molecule has 0 unspecified atom stereocenters. The molecule has 0 fully saturated rings. The van der Waals surface area contributed by atoms with Gasteiger partial charge in [0.2, 0.25) is 0 Å². The summed E-state index contributed by atoms with van der Waals surface area (Å²) in [5.41, 5.74) is 8.52. The Hall–Kier alpha value is -3.98. The molecule has 0 atom stereocenters. The van der Waals surface area contributed by atoms with Gasteiger partial charge in [-0.1, -0.05) is 197 Å². The van der Waals surface area contributed by atoms with E-state index in [1.165, 1.54) is 62.8 Å². The Morgan fingerprint density at radius 1 is 0.203 bits per heavy atom. The first-order valence-electron chi connectivity index (χ1n) is 23.7. The summed E-state index contributed by atoms with van der Waals surface area (Å²) in [4.78, 5) is 8.56. The molecule has 0 spiro atoms. The minimum absolute atomic E-state index is 0.0518. The Labute approximate surface area is 394 Å². The van der Waals surface area contributed by atoms with E-state index >= 15 is 0 Å². The zero-order valence-electron chi connectivity index (χ0n) is 43.1. The zero-order valence-corrected chi connectivity index (χ0v) is 44.7. The van der Waals surface area contributed by atoms with Crippen molar-refractivity contribution in [2.45, 2.75) is 186 Å². The van der Waals surface area contributed by atoms with Crippen LogP contribution in [-0.2, 0) is 32.5 Å². The Morgan fingerprint density at radius 3 is 0.406 bits per heavy atom. The van der Waals surface area contributed by atoms with Crippen LogP contribution >= 0.6 is 20.1 Å². The molecule has 64 heavy (non-hydrogen) atoms. The number of hydrogen-bond acceptors (Lipinski definition) is 0. The second kappa shape index (κ2) is 17.7. The van der Waals surface area contributed by atoms with Crippen LogP contribution in [0.2, 0.25) is 0 Å². The van der Waals surface area contributed by atoms with Gasteiger partial charge >= 0.3 is 0 Å². The van der Waals surface area contributed by atoms with Gasteiger partial charge in [-0.2, -0.15) is 20.1 Å². The van der Waals surface area contributed by atoms with Crippen LogP contribution in [-0.4, -0.2) is 11.5 Å². The van der Waals surface area contributed by atoms with Gasteiger partial charge in [0.25, 0.3) is 0 Å². The van der Waals surface area contributed by atoms with E-state index in [1.807, 2.05) is 0 Å². The third kappa shape index (κ3) is 10.3. The van der Waals surface area contributed by atoms with Crippen molar-refractivity contribution in [3.63, 3.8) is 0 Å². The van der Waals surface area contributed by atoms with Gasteiger partial charge in [-0.3, -0.25) is 0 Å². The highest BCUT2D eigenvalue weighted by Gasteiger charge is 2.39. The van der Waals surface area contributed by atoms with Crippen LogP contribution in [0.15, 0.2) is 175 Å². The SMILES string of the molecule is CC(C)(C)c1ccc(S(CCS(c2ccc(C(C)(C)C)cc2)(c2ccc(C(C)(C)C)cc2)c2ccc(C(C)(C)C)cc2)(c2ccc(C(C)(C)C)cc2)c2ccc(C(C)(C)C)cc2)cc1. The van der Waals surface area contributed by atoms with Gasteiger partial charge in [0.05, 0.1) is 0 Å². The molecule has 6 aromatic carbocycles. The highest BCUT2D eigenvalue weighted by molar-refractivity contribution is 8.37. The lowest BCUT2D eigenvalue weighted by Gasteiger charge is -2.48. The molecular formula is C62H82S2. The maximum Gasteiger partial charge on any atom is -0.00183 e. The minimum atomic E-state index is -1.85. The predicted octanol–water partition coefficient (Wildman–Crippen LogP) is 18.7. The van der Waals surface area contributed by atoms with Crippen LogP contribution in [0.1, 0.15) is 158 Å². The largest absolute Gasteiger partial charge is 0.160 e. The summed E-state index contributed by atoms with van der Waals surface area (Å²) < 4.78 is 0. The van der Waals surface area contributed by atoms with Gasteiger partial charge in [-0.25, -0.2) is 0 Å². The van der Waals surface area contributed by atoms with Crippen molar-refractivity contribution >= 4 is 20.1 Å². The molecule has 0 saturated heterocycles. The van der Waals surface area contributed by atoms with Crippen molar-refractivity contribution in [3.8, 4) is 0 Å². The normalized spacial score (nSPS) is 14.1. The summed E-state index contributed by atoms with van der Waals surface area (Å²) in [7, 11) is -3.70. The monoisotopic (exact) mass is 891 g/mol. The van der Waals surface area contributed by atoms with Crippen LogP contribution < -0.4 is 0 Å². The molecule has 0 aliphatic rings. The second-order valence-electron chi connectivity index (χ2n) is 24.5. The highest BCUT2D eigenvalue weighted by Crippen LogP contribution is 2.74. The number of hydrogen-bond donors (Lipinski definition) is 0. The van der Waals surface area contributed by atoms with Crippen molar-refractivity contribution in [2.24, 2.45) is 0 Å². The Kier molecular flexibility index (Phi) is 13.7. The van der Waals surface area contributed by atoms with E-state index in [0.717, 1.165) is 11.5 Å². The maximum atomic E-state index is 2.50. The lowest BCUT2D eigenvalue weighted by molar-refractivity contribution is 0.589. The molecule has 0 heterocycles. The van der Waals surface area contributed by atoms with E-state index < -0.39 is 20.1 Å². The molecule has 0 amide bonds. The van der Waals surface area contributed by atoms with Crippen LogP contribution in [0, 0.1) is 0 Å². The van der Waals surface area contributed by atoms with Crippen LogP contribution in [0.3, 0.4) is 0 Å². The minimum Gasteiger partial charge on any atom is -0.160 e. The van der Waals surface area contributed by atoms with Crippen LogP contribution in [0.25, 0.3) is 0 Å². The Bertz CT molecular complexity index is 2000. The summed E-state index contributed by atoms with van der Waals surface area (Å²) in [6.45, 7) is 41.9. The molecule has 0 nitrogen and oxygen atoms in total. The zero-order chi connectivity index (χ0) is 47.3. The molecule has 6 aromatic rings. The third-order valence-electron chi connectivity index (χ3n) is 13.4. The highest BCUT2D eigenvalue weighted by atomic mass is 32.3. The van der Waals surface area contributed by atoms with Gasteiger partial charge < -0.3 is 0 Å². The van der Waals surface area contributed by atoms with Gasteiger partial charge in [-0.05, 0) is 180 Å². The molecular weight excluding hydrogens is 809 g/mol. The summed E-state index contributed by atoms with van der Waals surface area (Å²) in [6.07, 6.45) is 0. The van der Waals surface area contributed by atoms with Gasteiger partial charge in [0.15, 0.2) is 0 Å². The first-order chi connectivity index (χ1) is 29.5. The summed E-state index contributed by atoms with van der Waals surface area (Å²) in [6, 6.07) is 59.0. The van der Waals surface area contributed by atoms with Crippen molar-refractivity contribution in [3.05, 3.63) is 179 Å².